The maximum atomic E-state index is 12.9. The number of nitrogens with zero attached hydrogens (tertiary/aromatic N) is 6. The van der Waals surface area contributed by atoms with Crippen LogP contribution in [0.5, 0.6) is 5.75 Å². The van der Waals surface area contributed by atoms with Crippen LogP contribution in [0.25, 0.3) is 0 Å². The van der Waals surface area contributed by atoms with Gasteiger partial charge in [-0.05, 0) is 43.7 Å². The van der Waals surface area contributed by atoms with E-state index >= 15 is 0 Å². The van der Waals surface area contributed by atoms with Crippen LogP contribution >= 0.6 is 0 Å². The molecule has 0 aliphatic carbocycles. The number of benzene rings is 1. The van der Waals surface area contributed by atoms with Crippen molar-refractivity contribution in [1.29, 1.82) is 0 Å². The molecule has 4 rings (SSSR count). The predicted octanol–water partition coefficient (Wildman–Crippen LogP) is 2.53. The lowest BCUT2D eigenvalue weighted by Gasteiger charge is -2.39. The molecule has 1 atom stereocenters. The number of rotatable bonds is 7. The summed E-state index contributed by atoms with van der Waals surface area (Å²) in [6, 6.07) is 7.60. The molecule has 0 saturated carbocycles. The molecule has 0 unspecified atom stereocenters. The molecular weight excluding hydrogens is 432 g/mol. The summed E-state index contributed by atoms with van der Waals surface area (Å²) >= 11 is 0. The van der Waals surface area contributed by atoms with Crippen LogP contribution in [0, 0.1) is 5.92 Å². The molecule has 0 N–H and O–H groups in total. The van der Waals surface area contributed by atoms with Gasteiger partial charge in [0, 0.05) is 52.1 Å². The molecular formula is C25H30N6O3. The summed E-state index contributed by atoms with van der Waals surface area (Å²) in [5, 5.41) is 0. The lowest BCUT2D eigenvalue weighted by molar-refractivity contribution is -0.133. The zero-order valence-corrected chi connectivity index (χ0v) is 20.0. The van der Waals surface area contributed by atoms with Gasteiger partial charge in [-0.1, -0.05) is 6.08 Å². The summed E-state index contributed by atoms with van der Waals surface area (Å²) in [4.78, 5) is 43.3. The van der Waals surface area contributed by atoms with Crippen LogP contribution in [0.1, 0.15) is 25.8 Å². The molecule has 0 bridgehead atoms. The molecule has 178 valence electrons. The molecule has 2 aliphatic rings. The molecule has 2 aromatic rings. The first-order chi connectivity index (χ1) is 16.4. The first-order valence-corrected chi connectivity index (χ1v) is 11.4. The van der Waals surface area contributed by atoms with E-state index in [1.165, 1.54) is 0 Å². The van der Waals surface area contributed by atoms with E-state index in [2.05, 4.69) is 15.0 Å². The zero-order chi connectivity index (χ0) is 24.2. The monoisotopic (exact) mass is 462 g/mol. The van der Waals surface area contributed by atoms with E-state index in [9.17, 15) is 9.59 Å². The van der Waals surface area contributed by atoms with Gasteiger partial charge < -0.3 is 19.4 Å². The Labute approximate surface area is 199 Å². The van der Waals surface area contributed by atoms with E-state index < -0.39 is 6.10 Å². The highest BCUT2D eigenvalue weighted by molar-refractivity contribution is 5.99. The average molecular weight is 463 g/mol. The fourth-order valence-electron chi connectivity index (χ4n) is 4.00. The first kappa shape index (κ1) is 23.4. The Kier molecular flexibility index (Phi) is 6.90. The number of anilines is 2. The predicted molar refractivity (Wildman–Crippen MR) is 131 cm³/mol. The summed E-state index contributed by atoms with van der Waals surface area (Å²) < 4.78 is 5.97. The number of carbonyl (C=O) groups is 2. The normalized spacial score (nSPS) is 19.0. The van der Waals surface area contributed by atoms with Crippen molar-refractivity contribution in [2.24, 2.45) is 10.9 Å². The zero-order valence-electron chi connectivity index (χ0n) is 20.0. The highest BCUT2D eigenvalue weighted by atomic mass is 16.5. The van der Waals surface area contributed by atoms with Gasteiger partial charge in [0.05, 0.1) is 24.0 Å². The van der Waals surface area contributed by atoms with Crippen LogP contribution in [0.2, 0.25) is 0 Å². The number of aliphatic imine (C=N–C) groups is 1. The molecule has 0 spiro atoms. The minimum atomic E-state index is -0.545. The van der Waals surface area contributed by atoms with Crippen LogP contribution in [0.4, 0.5) is 11.6 Å². The fourth-order valence-corrected chi connectivity index (χ4v) is 4.00. The van der Waals surface area contributed by atoms with E-state index in [1.54, 1.807) is 42.5 Å². The summed E-state index contributed by atoms with van der Waals surface area (Å²) in [5.41, 5.74) is 2.56. The minimum absolute atomic E-state index is 0.0187. The maximum Gasteiger partial charge on any atom is 0.268 e. The molecule has 3 heterocycles. The summed E-state index contributed by atoms with van der Waals surface area (Å²) in [7, 11) is 3.52. The van der Waals surface area contributed by atoms with Gasteiger partial charge in [-0.25, -0.2) is 9.97 Å². The SMILES string of the molecule is C/C=C\N=C(C)c1ccc(O[C@@H]2CCN(c3cnc(N4CC(C(=O)N(C)C)C4)nc3)C2=O)cc1. The van der Waals surface area contributed by atoms with Gasteiger partial charge >= 0.3 is 0 Å². The Morgan fingerprint density at radius 2 is 1.85 bits per heavy atom. The van der Waals surface area contributed by atoms with E-state index in [-0.39, 0.29) is 17.7 Å². The van der Waals surface area contributed by atoms with Crippen molar-refractivity contribution in [3.05, 3.63) is 54.5 Å². The summed E-state index contributed by atoms with van der Waals surface area (Å²) in [6.07, 6.45) is 7.00. The number of hydrogen-bond acceptors (Lipinski definition) is 7. The van der Waals surface area contributed by atoms with Crippen LogP contribution in [0.3, 0.4) is 0 Å². The highest BCUT2D eigenvalue weighted by Crippen LogP contribution is 2.27. The Morgan fingerprint density at radius 1 is 1.18 bits per heavy atom. The van der Waals surface area contributed by atoms with Crippen molar-refractivity contribution in [2.45, 2.75) is 26.4 Å². The van der Waals surface area contributed by atoms with Crippen molar-refractivity contribution in [1.82, 2.24) is 14.9 Å². The van der Waals surface area contributed by atoms with Crippen LogP contribution in [-0.2, 0) is 9.59 Å². The van der Waals surface area contributed by atoms with Crippen molar-refractivity contribution in [3.8, 4) is 5.75 Å². The molecule has 2 saturated heterocycles. The molecule has 9 heteroatoms. The van der Waals surface area contributed by atoms with Gasteiger partial charge in [-0.15, -0.1) is 0 Å². The number of ether oxygens (including phenoxy) is 1. The fraction of sp³-hybridized carbons (Fsp3) is 0.400. The smallest absolute Gasteiger partial charge is 0.268 e. The lowest BCUT2D eigenvalue weighted by atomic mass is 9.99. The first-order valence-electron chi connectivity index (χ1n) is 11.4. The molecule has 0 radical (unpaired) electrons. The summed E-state index contributed by atoms with van der Waals surface area (Å²) in [5.74, 6) is 1.21. The van der Waals surface area contributed by atoms with Gasteiger partial charge in [0.2, 0.25) is 11.9 Å². The van der Waals surface area contributed by atoms with E-state index in [4.69, 9.17) is 4.74 Å². The van der Waals surface area contributed by atoms with Crippen molar-refractivity contribution < 1.29 is 14.3 Å². The van der Waals surface area contributed by atoms with Crippen LogP contribution in [-0.4, -0.2) is 72.2 Å². The van der Waals surface area contributed by atoms with Gasteiger partial charge in [0.1, 0.15) is 5.75 Å². The van der Waals surface area contributed by atoms with Gasteiger partial charge in [0.25, 0.3) is 5.91 Å². The maximum absolute atomic E-state index is 12.9. The number of allylic oxidation sites excluding steroid dienone is 1. The number of aromatic nitrogens is 2. The second-order valence-electron chi connectivity index (χ2n) is 8.68. The summed E-state index contributed by atoms with van der Waals surface area (Å²) in [6.45, 7) is 5.63. The molecule has 2 aliphatic heterocycles. The average Bonchev–Trinajstić information content (AvgIpc) is 3.17. The Hall–Kier alpha value is -3.75. The molecule has 1 aromatic carbocycles. The quantitative estimate of drug-likeness (QED) is 0.588. The molecule has 1 aromatic heterocycles. The molecule has 34 heavy (non-hydrogen) atoms. The second-order valence-corrected chi connectivity index (χ2v) is 8.68. The number of amides is 2. The van der Waals surface area contributed by atoms with Gasteiger partial charge in [-0.3, -0.25) is 14.6 Å². The Bertz CT molecular complexity index is 1090. The highest BCUT2D eigenvalue weighted by Gasteiger charge is 2.36. The van der Waals surface area contributed by atoms with Crippen LogP contribution in [0.15, 0.2) is 53.9 Å². The van der Waals surface area contributed by atoms with E-state index in [0.29, 0.717) is 43.4 Å². The van der Waals surface area contributed by atoms with E-state index in [0.717, 1.165) is 11.3 Å². The Balaban J connectivity index is 1.33. The third-order valence-corrected chi connectivity index (χ3v) is 6.01. The standard InChI is InChI=1S/C25H30N6O3/c1-5-11-26-17(2)18-6-8-21(9-7-18)34-22-10-12-31(24(22)33)20-13-27-25(28-14-20)30-15-19(16-30)23(32)29(3)4/h5-9,11,13-14,19,22H,10,12,15-16H2,1-4H3/b11-5-,26-17?/t22-/m1/s1. The minimum Gasteiger partial charge on any atom is -0.481 e. The van der Waals surface area contributed by atoms with E-state index in [1.807, 2.05) is 49.1 Å². The Morgan fingerprint density at radius 3 is 2.47 bits per heavy atom. The molecule has 2 amide bonds. The number of hydrogen-bond donors (Lipinski definition) is 0. The van der Waals surface area contributed by atoms with Crippen molar-refractivity contribution >= 4 is 29.2 Å². The second kappa shape index (κ2) is 10.0. The molecule has 2 fully saturated rings. The third-order valence-electron chi connectivity index (χ3n) is 6.01. The third kappa shape index (κ3) is 4.93. The van der Waals surface area contributed by atoms with Crippen LogP contribution < -0.4 is 14.5 Å². The lowest BCUT2D eigenvalue weighted by Crippen LogP contribution is -2.54. The largest absolute Gasteiger partial charge is 0.481 e. The van der Waals surface area contributed by atoms with Gasteiger partial charge in [0.15, 0.2) is 6.10 Å². The topological polar surface area (TPSA) is 91.2 Å². The molecule has 9 nitrogen and oxygen atoms in total. The number of carbonyl (C=O) groups excluding carboxylic acids is 2. The van der Waals surface area contributed by atoms with Crippen molar-refractivity contribution in [2.75, 3.05) is 43.5 Å². The van der Waals surface area contributed by atoms with Crippen molar-refractivity contribution in [3.63, 3.8) is 0 Å². The van der Waals surface area contributed by atoms with Gasteiger partial charge in [-0.2, -0.15) is 0 Å².